The van der Waals surface area contributed by atoms with Crippen molar-refractivity contribution < 1.29 is 19.0 Å². The van der Waals surface area contributed by atoms with Crippen molar-refractivity contribution in [2.75, 3.05) is 13.2 Å². The van der Waals surface area contributed by atoms with Gasteiger partial charge >= 0.3 is 5.97 Å². The first kappa shape index (κ1) is 11.6. The molecule has 0 aromatic rings. The van der Waals surface area contributed by atoms with Gasteiger partial charge in [-0.15, -0.1) is 0 Å². The molecule has 4 nitrogen and oxygen atoms in total. The van der Waals surface area contributed by atoms with E-state index in [-0.39, 0.29) is 12.1 Å². The summed E-state index contributed by atoms with van der Waals surface area (Å²) in [5, 5.41) is 0. The molecule has 0 aromatic heterocycles. The Labute approximate surface area is 95.6 Å². The molecular weight excluding hydrogens is 208 g/mol. The maximum atomic E-state index is 11.0. The van der Waals surface area contributed by atoms with Crippen LogP contribution in [0.1, 0.15) is 25.7 Å². The van der Waals surface area contributed by atoms with Crippen molar-refractivity contribution in [1.82, 2.24) is 0 Å². The van der Waals surface area contributed by atoms with Crippen molar-refractivity contribution in [1.29, 1.82) is 0 Å². The third-order valence-corrected chi connectivity index (χ3v) is 2.99. The molecule has 0 N–H and O–H groups in total. The molecule has 0 spiro atoms. The summed E-state index contributed by atoms with van der Waals surface area (Å²) in [5.74, 6) is -0.323. The molecule has 1 saturated carbocycles. The Morgan fingerprint density at radius 2 is 1.94 bits per heavy atom. The molecule has 1 atom stereocenters. The lowest BCUT2D eigenvalue weighted by Crippen LogP contribution is -2.28. The smallest absolute Gasteiger partial charge is 0.330 e. The van der Waals surface area contributed by atoms with E-state index in [4.69, 9.17) is 14.2 Å². The molecule has 0 aromatic carbocycles. The molecule has 1 aliphatic carbocycles. The van der Waals surface area contributed by atoms with Crippen LogP contribution in [0.25, 0.3) is 0 Å². The molecule has 0 radical (unpaired) electrons. The molecule has 0 amide bonds. The predicted molar refractivity (Wildman–Crippen MR) is 58.0 cm³/mol. The second-order valence-corrected chi connectivity index (χ2v) is 4.33. The second kappa shape index (κ2) is 5.46. The molecule has 1 saturated heterocycles. The summed E-state index contributed by atoms with van der Waals surface area (Å²) in [6.45, 7) is 4.93. The average molecular weight is 226 g/mol. The van der Waals surface area contributed by atoms with Crippen LogP contribution in [0, 0.1) is 0 Å². The molecule has 16 heavy (non-hydrogen) atoms. The van der Waals surface area contributed by atoms with E-state index >= 15 is 0 Å². The van der Waals surface area contributed by atoms with Crippen molar-refractivity contribution in [2.45, 2.75) is 44.0 Å². The number of ether oxygens (including phenoxy) is 3. The van der Waals surface area contributed by atoms with Gasteiger partial charge in [-0.2, -0.15) is 0 Å². The normalized spacial score (nSPS) is 33.1. The Kier molecular flexibility index (Phi) is 3.96. The van der Waals surface area contributed by atoms with Crippen LogP contribution in [-0.4, -0.2) is 37.5 Å². The first-order chi connectivity index (χ1) is 7.78. The van der Waals surface area contributed by atoms with Crippen molar-refractivity contribution in [2.24, 2.45) is 0 Å². The van der Waals surface area contributed by atoms with Gasteiger partial charge in [0, 0.05) is 6.08 Å². The fourth-order valence-corrected chi connectivity index (χ4v) is 1.94. The monoisotopic (exact) mass is 226 g/mol. The lowest BCUT2D eigenvalue weighted by molar-refractivity contribution is -0.146. The van der Waals surface area contributed by atoms with E-state index in [1.807, 2.05) is 0 Å². The van der Waals surface area contributed by atoms with E-state index in [1.165, 1.54) is 6.08 Å². The van der Waals surface area contributed by atoms with Crippen LogP contribution >= 0.6 is 0 Å². The molecule has 1 aliphatic heterocycles. The molecule has 2 fully saturated rings. The van der Waals surface area contributed by atoms with Crippen LogP contribution in [-0.2, 0) is 19.0 Å². The molecule has 1 heterocycles. The van der Waals surface area contributed by atoms with Crippen molar-refractivity contribution in [3.05, 3.63) is 12.7 Å². The molecular formula is C12H18O4. The zero-order chi connectivity index (χ0) is 11.4. The Morgan fingerprint density at radius 1 is 1.31 bits per heavy atom. The minimum atomic E-state index is -0.323. The fourth-order valence-electron chi connectivity index (χ4n) is 1.94. The van der Waals surface area contributed by atoms with Gasteiger partial charge < -0.3 is 14.2 Å². The quantitative estimate of drug-likeness (QED) is 0.404. The highest BCUT2D eigenvalue weighted by Gasteiger charge is 2.27. The van der Waals surface area contributed by atoms with Gasteiger partial charge in [-0.05, 0) is 25.7 Å². The van der Waals surface area contributed by atoms with E-state index in [0.717, 1.165) is 32.3 Å². The largest absolute Gasteiger partial charge is 0.459 e. The number of carbonyl (C=O) groups is 1. The first-order valence-electron chi connectivity index (χ1n) is 5.84. The van der Waals surface area contributed by atoms with Gasteiger partial charge in [0.05, 0.1) is 19.3 Å². The van der Waals surface area contributed by atoms with Gasteiger partial charge in [-0.25, -0.2) is 4.79 Å². The van der Waals surface area contributed by atoms with Gasteiger partial charge in [-0.3, -0.25) is 0 Å². The Hall–Kier alpha value is -0.870. The zero-order valence-electron chi connectivity index (χ0n) is 9.39. The van der Waals surface area contributed by atoms with E-state index in [1.54, 1.807) is 0 Å². The van der Waals surface area contributed by atoms with E-state index < -0.39 is 0 Å². The number of hydrogen-bond donors (Lipinski definition) is 0. The zero-order valence-corrected chi connectivity index (χ0v) is 9.39. The number of esters is 1. The highest BCUT2D eigenvalue weighted by molar-refractivity contribution is 5.81. The molecule has 4 heteroatoms. The van der Waals surface area contributed by atoms with Crippen LogP contribution < -0.4 is 0 Å². The summed E-state index contributed by atoms with van der Waals surface area (Å²) in [6.07, 6.45) is 5.59. The van der Waals surface area contributed by atoms with E-state index in [0.29, 0.717) is 18.8 Å². The Morgan fingerprint density at radius 3 is 2.50 bits per heavy atom. The molecule has 2 rings (SSSR count). The maximum absolute atomic E-state index is 11.0. The summed E-state index contributed by atoms with van der Waals surface area (Å²) in [5.41, 5.74) is 0. The van der Waals surface area contributed by atoms with Crippen LogP contribution in [0.15, 0.2) is 12.7 Å². The van der Waals surface area contributed by atoms with Gasteiger partial charge in [-0.1, -0.05) is 6.58 Å². The van der Waals surface area contributed by atoms with Gasteiger partial charge in [0.15, 0.2) is 0 Å². The highest BCUT2D eigenvalue weighted by Crippen LogP contribution is 2.24. The molecule has 90 valence electrons. The lowest BCUT2D eigenvalue weighted by Gasteiger charge is -2.27. The van der Waals surface area contributed by atoms with E-state index in [9.17, 15) is 4.79 Å². The second-order valence-electron chi connectivity index (χ2n) is 4.33. The number of rotatable bonds is 5. The van der Waals surface area contributed by atoms with Gasteiger partial charge in [0.2, 0.25) is 0 Å². The van der Waals surface area contributed by atoms with Crippen LogP contribution in [0.3, 0.4) is 0 Å². The summed E-state index contributed by atoms with van der Waals surface area (Å²) in [4.78, 5) is 11.0. The number of epoxide rings is 1. The number of hydrogen-bond acceptors (Lipinski definition) is 4. The number of carbonyl (C=O) groups excluding carboxylic acids is 1. The van der Waals surface area contributed by atoms with E-state index in [2.05, 4.69) is 6.58 Å². The lowest BCUT2D eigenvalue weighted by atomic mass is 9.95. The maximum Gasteiger partial charge on any atom is 0.330 e. The fraction of sp³-hybridized carbons (Fsp3) is 0.750. The molecule has 0 bridgehead atoms. The van der Waals surface area contributed by atoms with Crippen LogP contribution in [0.2, 0.25) is 0 Å². The summed E-state index contributed by atoms with van der Waals surface area (Å²) in [6, 6.07) is 0. The minimum Gasteiger partial charge on any atom is -0.459 e. The Bertz CT molecular complexity index is 252. The van der Waals surface area contributed by atoms with Gasteiger partial charge in [0.1, 0.15) is 12.2 Å². The topological polar surface area (TPSA) is 48.1 Å². The van der Waals surface area contributed by atoms with Crippen molar-refractivity contribution in [3.63, 3.8) is 0 Å². The van der Waals surface area contributed by atoms with Crippen molar-refractivity contribution >= 4 is 5.97 Å². The SMILES string of the molecule is C=CC(=O)OC1CCC(OCC2CO2)CC1. The predicted octanol–water partition coefficient (Wildman–Crippen LogP) is 1.44. The standard InChI is InChI=1S/C12H18O4/c1-2-12(13)16-10-5-3-9(4-6-10)14-7-11-8-15-11/h2,9-11H,1,3-8H2. The average Bonchev–Trinajstić information content (AvgIpc) is 3.12. The van der Waals surface area contributed by atoms with Gasteiger partial charge in [0.25, 0.3) is 0 Å². The molecule has 2 aliphatic rings. The summed E-state index contributed by atoms with van der Waals surface area (Å²) >= 11 is 0. The van der Waals surface area contributed by atoms with Crippen molar-refractivity contribution in [3.8, 4) is 0 Å². The minimum absolute atomic E-state index is 0.0440. The molecule has 1 unspecified atom stereocenters. The van der Waals surface area contributed by atoms with Crippen LogP contribution in [0.5, 0.6) is 0 Å². The summed E-state index contributed by atoms with van der Waals surface area (Å²) in [7, 11) is 0. The highest BCUT2D eigenvalue weighted by atomic mass is 16.6. The Balaban J connectivity index is 1.61. The van der Waals surface area contributed by atoms with Crippen LogP contribution in [0.4, 0.5) is 0 Å². The third kappa shape index (κ3) is 3.61. The first-order valence-corrected chi connectivity index (χ1v) is 5.84. The summed E-state index contributed by atoms with van der Waals surface area (Å²) < 4.78 is 16.0. The third-order valence-electron chi connectivity index (χ3n) is 2.99.